The molecule has 2 atom stereocenters. The molecule has 2 aliphatic rings. The van der Waals surface area contributed by atoms with Gasteiger partial charge in [0.05, 0.1) is 13.0 Å². The first-order valence-corrected chi connectivity index (χ1v) is 8.08. The van der Waals surface area contributed by atoms with Crippen molar-refractivity contribution in [3.05, 3.63) is 0 Å². The summed E-state index contributed by atoms with van der Waals surface area (Å²) in [5.74, 6) is 0.508. The monoisotopic (exact) mass is 281 g/mol. The summed E-state index contributed by atoms with van der Waals surface area (Å²) in [7, 11) is 1.45. The van der Waals surface area contributed by atoms with Crippen molar-refractivity contribution in [3.8, 4) is 0 Å². The average Bonchev–Trinajstić information content (AvgIpc) is 2.53. The van der Waals surface area contributed by atoms with Crippen molar-refractivity contribution >= 4 is 11.9 Å². The Bertz CT molecular complexity index is 337. The Kier molecular flexibility index (Phi) is 5.86. The van der Waals surface area contributed by atoms with Crippen LogP contribution in [0.3, 0.4) is 0 Å². The molecule has 0 bridgehead atoms. The quantitative estimate of drug-likeness (QED) is 0.806. The number of carbonyl (C=O) groups is 2. The van der Waals surface area contributed by atoms with E-state index in [1.807, 2.05) is 0 Å². The molecule has 0 heterocycles. The summed E-state index contributed by atoms with van der Waals surface area (Å²) < 4.78 is 4.89. The Labute approximate surface area is 121 Å². The van der Waals surface area contributed by atoms with E-state index in [1.54, 1.807) is 0 Å². The fourth-order valence-electron chi connectivity index (χ4n) is 3.65. The van der Waals surface area contributed by atoms with Gasteiger partial charge in [0, 0.05) is 12.5 Å². The zero-order valence-corrected chi connectivity index (χ0v) is 12.5. The fraction of sp³-hybridized carbons (Fsp3) is 0.875. The summed E-state index contributed by atoms with van der Waals surface area (Å²) in [6, 6.07) is 0. The number of ether oxygens (including phenoxy) is 1. The van der Waals surface area contributed by atoms with E-state index in [-0.39, 0.29) is 29.6 Å². The van der Waals surface area contributed by atoms with Crippen molar-refractivity contribution < 1.29 is 14.3 Å². The second-order valence-corrected chi connectivity index (χ2v) is 6.25. The molecule has 2 fully saturated rings. The number of hydrogen-bond donors (Lipinski definition) is 1. The van der Waals surface area contributed by atoms with Crippen LogP contribution in [-0.4, -0.2) is 25.5 Å². The van der Waals surface area contributed by atoms with Gasteiger partial charge in [-0.25, -0.2) is 0 Å². The van der Waals surface area contributed by atoms with Gasteiger partial charge in [-0.2, -0.15) is 0 Å². The zero-order chi connectivity index (χ0) is 14.4. The first-order chi connectivity index (χ1) is 9.72. The predicted molar refractivity (Wildman–Crippen MR) is 77.0 cm³/mol. The van der Waals surface area contributed by atoms with Crippen molar-refractivity contribution in [1.29, 1.82) is 0 Å². The van der Waals surface area contributed by atoms with Gasteiger partial charge >= 0.3 is 5.97 Å². The minimum atomic E-state index is -0.110. The lowest BCUT2D eigenvalue weighted by Crippen LogP contribution is -2.40. The topological polar surface area (TPSA) is 55.4 Å². The van der Waals surface area contributed by atoms with Crippen molar-refractivity contribution in [2.24, 2.45) is 17.8 Å². The van der Waals surface area contributed by atoms with Gasteiger partial charge in [0.1, 0.15) is 0 Å². The molecule has 4 nitrogen and oxygen atoms in total. The SMILES string of the molecule is COC(=O)C1CCCCC1CNC(=O)C1CCCCC1. The Morgan fingerprint density at radius 2 is 1.65 bits per heavy atom. The van der Waals surface area contributed by atoms with E-state index in [0.717, 1.165) is 38.5 Å². The highest BCUT2D eigenvalue weighted by Gasteiger charge is 2.32. The molecule has 1 N–H and O–H groups in total. The van der Waals surface area contributed by atoms with E-state index in [2.05, 4.69) is 5.32 Å². The second-order valence-electron chi connectivity index (χ2n) is 6.25. The Morgan fingerprint density at radius 1 is 1.00 bits per heavy atom. The van der Waals surface area contributed by atoms with E-state index in [1.165, 1.54) is 26.4 Å². The molecule has 2 aliphatic carbocycles. The molecule has 0 aromatic rings. The largest absolute Gasteiger partial charge is 0.469 e. The number of carbonyl (C=O) groups excluding carboxylic acids is 2. The summed E-state index contributed by atoms with van der Waals surface area (Å²) in [6.07, 6.45) is 9.81. The lowest BCUT2D eigenvalue weighted by atomic mass is 9.79. The van der Waals surface area contributed by atoms with Gasteiger partial charge in [0.15, 0.2) is 0 Å². The third-order valence-electron chi connectivity index (χ3n) is 4.93. The molecular formula is C16H27NO3. The first kappa shape index (κ1) is 15.3. The molecule has 4 heteroatoms. The Morgan fingerprint density at radius 3 is 2.35 bits per heavy atom. The number of rotatable bonds is 4. The number of nitrogens with one attached hydrogen (secondary N) is 1. The molecule has 2 saturated carbocycles. The maximum atomic E-state index is 12.2. The second kappa shape index (κ2) is 7.65. The standard InChI is InChI=1S/C16H27NO3/c1-20-16(19)14-10-6-5-9-13(14)11-17-15(18)12-7-3-2-4-8-12/h12-14H,2-11H2,1H3,(H,17,18). The molecule has 1 amide bonds. The fourth-order valence-corrected chi connectivity index (χ4v) is 3.65. The van der Waals surface area contributed by atoms with E-state index in [4.69, 9.17) is 4.74 Å². The van der Waals surface area contributed by atoms with Crippen molar-refractivity contribution in [2.75, 3.05) is 13.7 Å². The Balaban J connectivity index is 1.81. The van der Waals surface area contributed by atoms with Crippen LogP contribution in [0.25, 0.3) is 0 Å². The highest BCUT2D eigenvalue weighted by molar-refractivity contribution is 5.79. The van der Waals surface area contributed by atoms with Crippen LogP contribution in [0.4, 0.5) is 0 Å². The number of amides is 1. The lowest BCUT2D eigenvalue weighted by molar-refractivity contribution is -0.149. The van der Waals surface area contributed by atoms with Crippen molar-refractivity contribution in [1.82, 2.24) is 5.32 Å². The summed E-state index contributed by atoms with van der Waals surface area (Å²) in [5, 5.41) is 3.08. The van der Waals surface area contributed by atoms with Gasteiger partial charge in [0.25, 0.3) is 0 Å². The molecule has 0 radical (unpaired) electrons. The van der Waals surface area contributed by atoms with E-state index in [9.17, 15) is 9.59 Å². The minimum absolute atomic E-state index is 0.0274. The van der Waals surface area contributed by atoms with E-state index >= 15 is 0 Å². The summed E-state index contributed by atoms with van der Waals surface area (Å²) in [6.45, 7) is 0.634. The van der Waals surface area contributed by atoms with Crippen LogP contribution < -0.4 is 5.32 Å². The average molecular weight is 281 g/mol. The van der Waals surface area contributed by atoms with E-state index < -0.39 is 0 Å². The number of methoxy groups -OCH3 is 1. The maximum absolute atomic E-state index is 12.2. The van der Waals surface area contributed by atoms with Crippen molar-refractivity contribution in [3.63, 3.8) is 0 Å². The maximum Gasteiger partial charge on any atom is 0.309 e. The summed E-state index contributed by atoms with van der Waals surface area (Å²) in [5.41, 5.74) is 0. The van der Waals surface area contributed by atoms with Crippen LogP contribution in [0.5, 0.6) is 0 Å². The van der Waals surface area contributed by atoms with Crippen LogP contribution in [-0.2, 0) is 14.3 Å². The molecule has 2 unspecified atom stereocenters. The smallest absolute Gasteiger partial charge is 0.309 e. The number of hydrogen-bond acceptors (Lipinski definition) is 3. The Hall–Kier alpha value is -1.06. The van der Waals surface area contributed by atoms with Gasteiger partial charge in [-0.3, -0.25) is 9.59 Å². The van der Waals surface area contributed by atoms with Gasteiger partial charge in [0.2, 0.25) is 5.91 Å². The van der Waals surface area contributed by atoms with Crippen LogP contribution in [0, 0.1) is 17.8 Å². The van der Waals surface area contributed by atoms with Crippen LogP contribution in [0.1, 0.15) is 57.8 Å². The number of esters is 1. The normalized spacial score (nSPS) is 27.9. The molecule has 0 aromatic heterocycles. The third-order valence-corrected chi connectivity index (χ3v) is 4.93. The van der Waals surface area contributed by atoms with Gasteiger partial charge in [-0.05, 0) is 31.6 Å². The highest BCUT2D eigenvalue weighted by atomic mass is 16.5. The minimum Gasteiger partial charge on any atom is -0.469 e. The third kappa shape index (κ3) is 3.97. The summed E-state index contributed by atoms with van der Waals surface area (Å²) >= 11 is 0. The molecule has 0 saturated heterocycles. The predicted octanol–water partition coefficient (Wildman–Crippen LogP) is 2.66. The molecular weight excluding hydrogens is 254 g/mol. The van der Waals surface area contributed by atoms with E-state index in [0.29, 0.717) is 6.54 Å². The van der Waals surface area contributed by atoms with Gasteiger partial charge in [-0.1, -0.05) is 32.1 Å². The van der Waals surface area contributed by atoms with Crippen LogP contribution in [0.2, 0.25) is 0 Å². The molecule has 114 valence electrons. The first-order valence-electron chi connectivity index (χ1n) is 8.08. The zero-order valence-electron chi connectivity index (χ0n) is 12.5. The lowest BCUT2D eigenvalue weighted by Gasteiger charge is -2.30. The van der Waals surface area contributed by atoms with Crippen molar-refractivity contribution in [2.45, 2.75) is 57.8 Å². The van der Waals surface area contributed by atoms with Crippen LogP contribution in [0.15, 0.2) is 0 Å². The van der Waals surface area contributed by atoms with Gasteiger partial charge in [-0.15, -0.1) is 0 Å². The molecule has 20 heavy (non-hydrogen) atoms. The highest BCUT2D eigenvalue weighted by Crippen LogP contribution is 2.31. The summed E-state index contributed by atoms with van der Waals surface area (Å²) in [4.78, 5) is 23.9. The molecule has 2 rings (SSSR count). The molecule has 0 spiro atoms. The molecule has 0 aliphatic heterocycles. The van der Waals surface area contributed by atoms with Crippen LogP contribution >= 0.6 is 0 Å². The molecule has 0 aromatic carbocycles. The van der Waals surface area contributed by atoms with Gasteiger partial charge < -0.3 is 10.1 Å².